The number of anilines is 2. The van der Waals surface area contributed by atoms with Crippen LogP contribution in [-0.4, -0.2) is 51.6 Å². The standard InChI is InChI=1S/C23H23ClN8O/c1-16-13-21(30-29-16)28-22(26-15-25)31-11-12-32(20(14-31)17-5-3-2-4-6-17)23(33)27-19-9-7-18(24)8-10-19/h2-10,13,20H,11-12,14H2,1H3,(H,27,33)(H2,26,28,29,30). The summed E-state index contributed by atoms with van der Waals surface area (Å²) in [6.07, 6.45) is 1.86. The highest BCUT2D eigenvalue weighted by Gasteiger charge is 2.33. The van der Waals surface area contributed by atoms with Crippen molar-refractivity contribution in [2.75, 3.05) is 30.3 Å². The third-order valence-corrected chi connectivity index (χ3v) is 5.57. The predicted octanol–water partition coefficient (Wildman–Crippen LogP) is 4.21. The van der Waals surface area contributed by atoms with Gasteiger partial charge in [-0.15, -0.1) is 4.99 Å². The first kappa shape index (κ1) is 22.2. The number of carbonyl (C=O) groups excluding carboxylic acids is 1. The van der Waals surface area contributed by atoms with Gasteiger partial charge in [0.2, 0.25) is 12.2 Å². The quantitative estimate of drug-likeness (QED) is 0.306. The lowest BCUT2D eigenvalue weighted by molar-refractivity contribution is 0.136. The van der Waals surface area contributed by atoms with Crippen molar-refractivity contribution in [3.63, 3.8) is 0 Å². The zero-order chi connectivity index (χ0) is 23.2. The minimum atomic E-state index is -0.251. The summed E-state index contributed by atoms with van der Waals surface area (Å²) in [5, 5.41) is 22.9. The normalized spacial score (nSPS) is 16.3. The number of nitrogens with zero attached hydrogens (tertiary/aromatic N) is 5. The number of nitriles is 1. The molecule has 1 aromatic heterocycles. The molecule has 3 N–H and O–H groups in total. The van der Waals surface area contributed by atoms with E-state index in [1.165, 1.54) is 0 Å². The molecule has 4 rings (SSSR count). The van der Waals surface area contributed by atoms with Crippen molar-refractivity contribution in [3.8, 4) is 6.19 Å². The Morgan fingerprint density at radius 3 is 2.61 bits per heavy atom. The number of rotatable bonds is 3. The van der Waals surface area contributed by atoms with E-state index < -0.39 is 0 Å². The monoisotopic (exact) mass is 462 g/mol. The summed E-state index contributed by atoms with van der Waals surface area (Å²) in [4.78, 5) is 20.9. The van der Waals surface area contributed by atoms with Gasteiger partial charge in [0.05, 0.1) is 6.04 Å². The highest BCUT2D eigenvalue weighted by molar-refractivity contribution is 6.30. The Kier molecular flexibility index (Phi) is 6.76. The van der Waals surface area contributed by atoms with E-state index in [1.807, 2.05) is 54.4 Å². The molecule has 0 radical (unpaired) electrons. The molecule has 1 aliphatic heterocycles. The van der Waals surface area contributed by atoms with Crippen LogP contribution in [0.1, 0.15) is 17.3 Å². The van der Waals surface area contributed by atoms with Crippen LogP contribution in [0.2, 0.25) is 5.02 Å². The van der Waals surface area contributed by atoms with Gasteiger partial charge in [-0.3, -0.25) is 5.10 Å². The van der Waals surface area contributed by atoms with Crippen molar-refractivity contribution in [3.05, 3.63) is 76.9 Å². The van der Waals surface area contributed by atoms with Crippen LogP contribution >= 0.6 is 11.6 Å². The number of halogens is 1. The van der Waals surface area contributed by atoms with Gasteiger partial charge < -0.3 is 20.4 Å². The zero-order valence-electron chi connectivity index (χ0n) is 18.0. The number of H-pyrrole nitrogens is 1. The van der Waals surface area contributed by atoms with Crippen LogP contribution in [0.4, 0.5) is 16.3 Å². The highest BCUT2D eigenvalue weighted by atomic mass is 35.5. The molecule has 0 aliphatic carbocycles. The topological polar surface area (TPSA) is 112 Å². The van der Waals surface area contributed by atoms with E-state index in [-0.39, 0.29) is 12.1 Å². The number of guanidine groups is 1. The van der Waals surface area contributed by atoms with Gasteiger partial charge in [0.15, 0.2) is 5.82 Å². The number of hydrogen-bond acceptors (Lipinski definition) is 4. The maximum Gasteiger partial charge on any atom is 0.322 e. The lowest BCUT2D eigenvalue weighted by Gasteiger charge is -2.42. The van der Waals surface area contributed by atoms with Crippen molar-refractivity contribution >= 4 is 35.1 Å². The summed E-state index contributed by atoms with van der Waals surface area (Å²) < 4.78 is 0. The number of carbonyl (C=O) groups is 1. The molecule has 1 fully saturated rings. The van der Waals surface area contributed by atoms with Crippen LogP contribution in [0, 0.1) is 18.4 Å². The lowest BCUT2D eigenvalue weighted by Crippen LogP contribution is -2.54. The molecule has 3 aromatic rings. The van der Waals surface area contributed by atoms with Crippen LogP contribution in [0.5, 0.6) is 0 Å². The Bertz CT molecular complexity index is 1170. The van der Waals surface area contributed by atoms with Gasteiger partial charge >= 0.3 is 6.03 Å². The molecule has 0 saturated carbocycles. The Balaban J connectivity index is 1.56. The molecule has 2 aromatic carbocycles. The molecular formula is C23H23ClN8O. The second kappa shape index (κ2) is 10.1. The average Bonchev–Trinajstić information content (AvgIpc) is 3.25. The second-order valence-electron chi connectivity index (χ2n) is 7.60. The smallest absolute Gasteiger partial charge is 0.322 e. The van der Waals surface area contributed by atoms with Crippen molar-refractivity contribution in [1.82, 2.24) is 20.0 Å². The molecule has 1 saturated heterocycles. The summed E-state index contributed by atoms with van der Waals surface area (Å²) in [5.74, 6) is 0.961. The Morgan fingerprint density at radius 2 is 1.94 bits per heavy atom. The van der Waals surface area contributed by atoms with E-state index in [2.05, 4.69) is 25.8 Å². The fourth-order valence-electron chi connectivity index (χ4n) is 3.73. The van der Waals surface area contributed by atoms with E-state index in [4.69, 9.17) is 11.6 Å². The third kappa shape index (κ3) is 5.42. The van der Waals surface area contributed by atoms with Crippen molar-refractivity contribution in [2.24, 2.45) is 4.99 Å². The molecule has 1 aliphatic rings. The molecule has 0 bridgehead atoms. The van der Waals surface area contributed by atoms with E-state index >= 15 is 0 Å². The van der Waals surface area contributed by atoms with Crippen LogP contribution in [0.25, 0.3) is 0 Å². The predicted molar refractivity (Wildman–Crippen MR) is 128 cm³/mol. The molecule has 168 valence electrons. The molecule has 2 heterocycles. The fourth-order valence-corrected chi connectivity index (χ4v) is 3.86. The number of amides is 2. The van der Waals surface area contributed by atoms with Gasteiger partial charge in [-0.25, -0.2) is 4.79 Å². The third-order valence-electron chi connectivity index (χ3n) is 5.32. The van der Waals surface area contributed by atoms with Crippen molar-refractivity contribution in [1.29, 1.82) is 5.26 Å². The SMILES string of the molecule is Cc1cc(N/C(=N/C#N)N2CCN(C(=O)Nc3ccc(Cl)cc3)C(c3ccccc3)C2)n[nH]1. The number of urea groups is 1. The van der Waals surface area contributed by atoms with E-state index in [9.17, 15) is 10.1 Å². The van der Waals surface area contributed by atoms with Crippen molar-refractivity contribution < 1.29 is 4.79 Å². The number of aromatic amines is 1. The first-order valence-corrected chi connectivity index (χ1v) is 10.8. The fraction of sp³-hybridized carbons (Fsp3) is 0.217. The molecule has 1 unspecified atom stereocenters. The number of hydrogen-bond donors (Lipinski definition) is 3. The van der Waals surface area contributed by atoms with Crippen LogP contribution in [0.15, 0.2) is 65.7 Å². The summed E-state index contributed by atoms with van der Waals surface area (Å²) in [6, 6.07) is 18.2. The van der Waals surface area contributed by atoms with Gasteiger partial charge in [-0.05, 0) is 36.8 Å². The Labute approximate surface area is 196 Å². The van der Waals surface area contributed by atoms with Gasteiger partial charge in [0.25, 0.3) is 0 Å². The summed E-state index contributed by atoms with van der Waals surface area (Å²) in [5.41, 5.74) is 2.54. The molecular weight excluding hydrogens is 440 g/mol. The number of benzene rings is 2. The first-order valence-electron chi connectivity index (χ1n) is 10.4. The van der Waals surface area contributed by atoms with E-state index in [1.54, 1.807) is 29.2 Å². The van der Waals surface area contributed by atoms with E-state index in [0.29, 0.717) is 42.1 Å². The second-order valence-corrected chi connectivity index (χ2v) is 8.04. The zero-order valence-corrected chi connectivity index (χ0v) is 18.8. The van der Waals surface area contributed by atoms with Crippen LogP contribution < -0.4 is 10.6 Å². The molecule has 10 heteroatoms. The number of nitrogens with one attached hydrogen (secondary N) is 3. The number of piperazine rings is 1. The average molecular weight is 463 g/mol. The van der Waals surface area contributed by atoms with Gasteiger partial charge in [0, 0.05) is 42.1 Å². The summed E-state index contributed by atoms with van der Waals surface area (Å²) in [7, 11) is 0. The molecule has 33 heavy (non-hydrogen) atoms. The maximum absolute atomic E-state index is 13.2. The number of aromatic nitrogens is 2. The summed E-state index contributed by atoms with van der Waals surface area (Å²) in [6.45, 7) is 3.27. The Hall–Kier alpha value is -4.03. The largest absolute Gasteiger partial charge is 0.338 e. The van der Waals surface area contributed by atoms with Crippen LogP contribution in [0.3, 0.4) is 0 Å². The molecule has 0 spiro atoms. The summed E-state index contributed by atoms with van der Waals surface area (Å²) >= 11 is 5.96. The van der Waals surface area contributed by atoms with Crippen LogP contribution in [-0.2, 0) is 0 Å². The molecule has 1 atom stereocenters. The van der Waals surface area contributed by atoms with Gasteiger partial charge in [0.1, 0.15) is 0 Å². The van der Waals surface area contributed by atoms with Gasteiger partial charge in [-0.1, -0.05) is 41.9 Å². The Morgan fingerprint density at radius 1 is 1.18 bits per heavy atom. The van der Waals surface area contributed by atoms with Crippen molar-refractivity contribution in [2.45, 2.75) is 13.0 Å². The minimum Gasteiger partial charge on any atom is -0.338 e. The van der Waals surface area contributed by atoms with Gasteiger partial charge in [-0.2, -0.15) is 10.4 Å². The highest BCUT2D eigenvalue weighted by Crippen LogP contribution is 2.27. The minimum absolute atomic E-state index is 0.208. The number of aryl methyl sites for hydroxylation is 1. The maximum atomic E-state index is 13.2. The van der Waals surface area contributed by atoms with E-state index in [0.717, 1.165) is 11.3 Å². The number of aliphatic imine (C=N–C) groups is 1. The lowest BCUT2D eigenvalue weighted by atomic mass is 10.0. The molecule has 9 nitrogen and oxygen atoms in total. The first-order chi connectivity index (χ1) is 16.0. The molecule has 2 amide bonds.